The van der Waals surface area contributed by atoms with E-state index in [1.165, 1.54) is 0 Å². The average Bonchev–Trinajstić information content (AvgIpc) is 2.87. The van der Waals surface area contributed by atoms with E-state index in [0.717, 1.165) is 12.8 Å². The van der Waals surface area contributed by atoms with Crippen LogP contribution in [-0.4, -0.2) is 38.4 Å². The fraction of sp³-hybridized carbons (Fsp3) is 0.889. The Hall–Kier alpha value is -0.610. The van der Waals surface area contributed by atoms with E-state index < -0.39 is 0 Å². The molecule has 0 heterocycles. The van der Waals surface area contributed by atoms with Crippen LogP contribution in [0.3, 0.4) is 0 Å². The fourth-order valence-corrected chi connectivity index (χ4v) is 1.24. The van der Waals surface area contributed by atoms with E-state index in [2.05, 4.69) is 5.32 Å². The highest BCUT2D eigenvalue weighted by molar-refractivity contribution is 5.84. The highest BCUT2D eigenvalue weighted by Gasteiger charge is 2.50. The second kappa shape index (κ2) is 4.58. The Kier molecular flexibility index (Phi) is 3.69. The van der Waals surface area contributed by atoms with Gasteiger partial charge < -0.3 is 9.47 Å². The van der Waals surface area contributed by atoms with Crippen LogP contribution in [0.25, 0.3) is 0 Å². The number of hydrogen-bond donors (Lipinski definition) is 1. The molecule has 0 bridgehead atoms. The van der Waals surface area contributed by atoms with E-state index in [1.54, 1.807) is 7.11 Å². The van der Waals surface area contributed by atoms with Gasteiger partial charge in [0.2, 0.25) is 0 Å². The third kappa shape index (κ3) is 2.67. The fourth-order valence-electron chi connectivity index (χ4n) is 1.24. The van der Waals surface area contributed by atoms with Crippen molar-refractivity contribution in [3.05, 3.63) is 0 Å². The van der Waals surface area contributed by atoms with Gasteiger partial charge in [-0.05, 0) is 19.8 Å². The smallest absolute Gasteiger partial charge is 0.326 e. The SMILES string of the molecule is CCOC(=O)C1(NCCOC)CC1. The Morgan fingerprint density at radius 1 is 1.54 bits per heavy atom. The molecule has 0 radical (unpaired) electrons. The molecule has 0 aliphatic heterocycles. The topological polar surface area (TPSA) is 47.6 Å². The van der Waals surface area contributed by atoms with E-state index in [1.807, 2.05) is 6.92 Å². The van der Waals surface area contributed by atoms with Crippen molar-refractivity contribution in [3.63, 3.8) is 0 Å². The van der Waals surface area contributed by atoms with Crippen molar-refractivity contribution >= 4 is 5.97 Å². The Morgan fingerprint density at radius 2 is 2.23 bits per heavy atom. The molecule has 1 saturated carbocycles. The van der Waals surface area contributed by atoms with Crippen LogP contribution in [-0.2, 0) is 14.3 Å². The summed E-state index contributed by atoms with van der Waals surface area (Å²) in [6.07, 6.45) is 1.77. The lowest BCUT2D eigenvalue weighted by molar-refractivity contribution is -0.147. The van der Waals surface area contributed by atoms with Crippen molar-refractivity contribution in [1.82, 2.24) is 5.32 Å². The minimum absolute atomic E-state index is 0.119. The average molecular weight is 187 g/mol. The summed E-state index contributed by atoms with van der Waals surface area (Å²) in [5.41, 5.74) is -0.380. The Labute approximate surface area is 78.6 Å². The van der Waals surface area contributed by atoms with Crippen LogP contribution in [0.2, 0.25) is 0 Å². The van der Waals surface area contributed by atoms with Gasteiger partial charge in [-0.3, -0.25) is 10.1 Å². The van der Waals surface area contributed by atoms with E-state index in [0.29, 0.717) is 19.8 Å². The standard InChI is InChI=1S/C9H17NO3/c1-3-13-8(11)9(4-5-9)10-6-7-12-2/h10H,3-7H2,1-2H3. The van der Waals surface area contributed by atoms with Crippen molar-refractivity contribution in [2.45, 2.75) is 25.3 Å². The van der Waals surface area contributed by atoms with Crippen LogP contribution >= 0.6 is 0 Å². The Bertz CT molecular complexity index is 178. The zero-order valence-electron chi connectivity index (χ0n) is 8.26. The second-order valence-electron chi connectivity index (χ2n) is 3.22. The van der Waals surface area contributed by atoms with Gasteiger partial charge in [0.1, 0.15) is 5.54 Å². The minimum atomic E-state index is -0.380. The normalized spacial score (nSPS) is 18.3. The number of ether oxygens (including phenoxy) is 2. The van der Waals surface area contributed by atoms with Gasteiger partial charge in [0.25, 0.3) is 0 Å². The lowest BCUT2D eigenvalue weighted by atomic mass is 10.3. The van der Waals surface area contributed by atoms with E-state index >= 15 is 0 Å². The van der Waals surface area contributed by atoms with Gasteiger partial charge in [0, 0.05) is 13.7 Å². The summed E-state index contributed by atoms with van der Waals surface area (Å²) in [5, 5.41) is 3.16. The molecule has 13 heavy (non-hydrogen) atoms. The number of esters is 1. The minimum Gasteiger partial charge on any atom is -0.465 e. The molecule has 0 amide bonds. The van der Waals surface area contributed by atoms with Crippen molar-refractivity contribution in [2.24, 2.45) is 0 Å². The molecule has 0 saturated heterocycles. The maximum atomic E-state index is 11.4. The van der Waals surface area contributed by atoms with E-state index in [9.17, 15) is 4.79 Å². The predicted molar refractivity (Wildman–Crippen MR) is 48.5 cm³/mol. The number of hydrogen-bond acceptors (Lipinski definition) is 4. The molecule has 0 unspecified atom stereocenters. The van der Waals surface area contributed by atoms with Crippen LogP contribution in [0.15, 0.2) is 0 Å². The van der Waals surface area contributed by atoms with Gasteiger partial charge in [-0.15, -0.1) is 0 Å². The summed E-state index contributed by atoms with van der Waals surface area (Å²) in [5.74, 6) is -0.119. The molecule has 0 aromatic carbocycles. The van der Waals surface area contributed by atoms with Crippen LogP contribution in [0.1, 0.15) is 19.8 Å². The number of carbonyl (C=O) groups is 1. The molecule has 1 N–H and O–H groups in total. The van der Waals surface area contributed by atoms with E-state index in [-0.39, 0.29) is 11.5 Å². The number of rotatable bonds is 6. The van der Waals surface area contributed by atoms with Crippen LogP contribution in [0.5, 0.6) is 0 Å². The third-order valence-corrected chi connectivity index (χ3v) is 2.19. The monoisotopic (exact) mass is 187 g/mol. The highest BCUT2D eigenvalue weighted by Crippen LogP contribution is 2.36. The molecule has 0 aromatic heterocycles. The number of nitrogens with one attached hydrogen (secondary N) is 1. The zero-order valence-corrected chi connectivity index (χ0v) is 8.26. The van der Waals surface area contributed by atoms with Crippen molar-refractivity contribution < 1.29 is 14.3 Å². The molecule has 1 aliphatic rings. The lowest BCUT2D eigenvalue weighted by Gasteiger charge is -2.14. The maximum Gasteiger partial charge on any atom is 0.326 e. The summed E-state index contributed by atoms with van der Waals surface area (Å²) in [6.45, 7) is 3.60. The number of carbonyl (C=O) groups excluding carboxylic acids is 1. The van der Waals surface area contributed by atoms with Crippen molar-refractivity contribution in [2.75, 3.05) is 26.9 Å². The molecule has 0 atom stereocenters. The lowest BCUT2D eigenvalue weighted by Crippen LogP contribution is -2.42. The van der Waals surface area contributed by atoms with Crippen LogP contribution in [0.4, 0.5) is 0 Å². The predicted octanol–water partition coefficient (Wildman–Crippen LogP) is 0.318. The molecule has 1 fully saturated rings. The molecule has 4 heteroatoms. The van der Waals surface area contributed by atoms with Gasteiger partial charge in [-0.1, -0.05) is 0 Å². The number of methoxy groups -OCH3 is 1. The van der Waals surface area contributed by atoms with E-state index in [4.69, 9.17) is 9.47 Å². The second-order valence-corrected chi connectivity index (χ2v) is 3.22. The molecule has 0 spiro atoms. The highest BCUT2D eigenvalue weighted by atomic mass is 16.5. The van der Waals surface area contributed by atoms with Crippen LogP contribution < -0.4 is 5.32 Å². The van der Waals surface area contributed by atoms with Gasteiger partial charge in [-0.25, -0.2) is 0 Å². The zero-order chi connectivity index (χ0) is 9.73. The summed E-state index contributed by atoms with van der Waals surface area (Å²) in [4.78, 5) is 11.4. The van der Waals surface area contributed by atoms with Gasteiger partial charge >= 0.3 is 5.97 Å². The molecule has 4 nitrogen and oxygen atoms in total. The van der Waals surface area contributed by atoms with Gasteiger partial charge in [-0.2, -0.15) is 0 Å². The first kappa shape index (κ1) is 10.5. The first-order valence-corrected chi connectivity index (χ1v) is 4.66. The van der Waals surface area contributed by atoms with Crippen molar-refractivity contribution in [1.29, 1.82) is 0 Å². The van der Waals surface area contributed by atoms with Crippen molar-refractivity contribution in [3.8, 4) is 0 Å². The maximum absolute atomic E-state index is 11.4. The molecule has 76 valence electrons. The summed E-state index contributed by atoms with van der Waals surface area (Å²) < 4.78 is 9.85. The quantitative estimate of drug-likeness (QED) is 0.480. The van der Waals surface area contributed by atoms with Gasteiger partial charge in [0.15, 0.2) is 0 Å². The third-order valence-electron chi connectivity index (χ3n) is 2.19. The summed E-state index contributed by atoms with van der Waals surface area (Å²) in [6, 6.07) is 0. The Balaban J connectivity index is 2.25. The summed E-state index contributed by atoms with van der Waals surface area (Å²) >= 11 is 0. The molecule has 1 rings (SSSR count). The Morgan fingerprint density at radius 3 is 2.69 bits per heavy atom. The van der Waals surface area contributed by atoms with Gasteiger partial charge in [0.05, 0.1) is 13.2 Å². The molecule has 0 aromatic rings. The molecular weight excluding hydrogens is 170 g/mol. The van der Waals surface area contributed by atoms with Crippen LogP contribution in [0, 0.1) is 0 Å². The molecule has 1 aliphatic carbocycles. The first-order valence-electron chi connectivity index (χ1n) is 4.66. The largest absolute Gasteiger partial charge is 0.465 e. The summed E-state index contributed by atoms with van der Waals surface area (Å²) in [7, 11) is 1.64. The first-order chi connectivity index (χ1) is 6.25. The molecular formula is C9H17NO3.